The number of aromatic nitrogens is 16. The molecule has 8 heterocycles. The molecule has 51 heteroatoms. The number of alkyl halides is 21. The van der Waals surface area contributed by atoms with E-state index < -0.39 is 122 Å². The second-order valence-electron chi connectivity index (χ2n) is 23.2. The van der Waals surface area contributed by atoms with Gasteiger partial charge in [-0.15, -0.1) is 0 Å². The molecule has 1 fully saturated rings. The number of rotatable bonds is 13. The fraction of sp³-hybridized carbons (Fsp3) is 0.206. The molecule has 0 radical (unpaired) electrons. The maximum absolute atomic E-state index is 13.3. The Hall–Kier alpha value is -13.6. The zero-order chi connectivity index (χ0) is 84.0. The van der Waals surface area contributed by atoms with Crippen LogP contribution in [0.25, 0.3) is 34.1 Å². The lowest BCUT2D eigenvalue weighted by Crippen LogP contribution is -2.43. The lowest BCUT2D eigenvalue weighted by molar-refractivity contribution is -0.385. The molecule has 604 valence electrons. The van der Waals surface area contributed by atoms with Gasteiger partial charge in [-0.25, -0.2) is 41.9 Å². The summed E-state index contributed by atoms with van der Waals surface area (Å²) >= 11 is 0. The number of H-pyrrole nitrogens is 1. The number of nitrogen functional groups attached to an aromatic ring is 1. The van der Waals surface area contributed by atoms with Gasteiger partial charge in [-0.3, -0.25) is 30.1 Å². The van der Waals surface area contributed by atoms with E-state index in [1.807, 2.05) is 0 Å². The zero-order valence-corrected chi connectivity index (χ0v) is 56.1. The molecule has 9 N–H and O–H groups in total. The minimum Gasteiger partial charge on any atom is -0.399 e. The van der Waals surface area contributed by atoms with Crippen LogP contribution in [0.5, 0.6) is 0 Å². The Kier molecular flexibility index (Phi) is 24.6. The SMILES string of the molecule is FC(F)(F)c1ccn[nH]1.NC(=O)c1cnc(N[C@@H]2CCCC[C@@H]2N)nc1Nc1ccc(-n2ccc(C(F)(F)F)n2)c(-n2ccc(C(F)(F)F)n2)c1.Nc1ccc(-n2ccc(C(F)(F)F)n2)c(-n2ccc(C(F)(F)F)n2)c1.O=[N+]([O-])c1ccc(-n2ccc(C(F)(F)F)n2)c(-n2ccc(C(F)(F)F)n2)c1.O=[N+]([O-])c1ccc(F)c(F)c1. The van der Waals surface area contributed by atoms with Gasteiger partial charge in [-0.1, -0.05) is 12.8 Å². The highest BCUT2D eigenvalue weighted by molar-refractivity contribution is 5.98. The van der Waals surface area contributed by atoms with Crippen molar-refractivity contribution in [3.8, 4) is 34.1 Å². The smallest absolute Gasteiger partial charge is 0.399 e. The average Bonchev–Trinajstić information content (AvgIpc) is 1.63. The maximum atomic E-state index is 13.3. The fourth-order valence-electron chi connectivity index (χ4n) is 9.94. The third-order valence-electron chi connectivity index (χ3n) is 15.3. The van der Waals surface area contributed by atoms with Crippen molar-refractivity contribution in [1.29, 1.82) is 0 Å². The largest absolute Gasteiger partial charge is 0.435 e. The number of primary amides is 1. The van der Waals surface area contributed by atoms with Gasteiger partial charge in [0.1, 0.15) is 17.1 Å². The number of nitrogens with zero attached hydrogens (tertiary/aromatic N) is 17. The molecular weight excluding hydrogens is 1600 g/mol. The van der Waals surface area contributed by atoms with Crippen LogP contribution in [0.1, 0.15) is 75.9 Å². The minimum absolute atomic E-state index is 0.0145. The number of nitro groups is 2. The number of non-ortho nitro benzene ring substituents is 2. The van der Waals surface area contributed by atoms with E-state index in [-0.39, 0.29) is 74.9 Å². The van der Waals surface area contributed by atoms with Crippen LogP contribution in [0.15, 0.2) is 165 Å². The third kappa shape index (κ3) is 21.3. The number of anilines is 4. The molecule has 0 saturated heterocycles. The Balaban J connectivity index is 0.000000179. The number of halogens is 23. The first-order valence-corrected chi connectivity index (χ1v) is 31.3. The van der Waals surface area contributed by atoms with Crippen molar-refractivity contribution in [2.45, 2.75) is 81.0 Å². The summed E-state index contributed by atoms with van der Waals surface area (Å²) < 4.78 is 296. The van der Waals surface area contributed by atoms with E-state index in [2.05, 4.69) is 56.3 Å². The predicted octanol–water partition coefficient (Wildman–Crippen LogP) is 15.4. The van der Waals surface area contributed by atoms with Crippen molar-refractivity contribution < 1.29 is 116 Å². The third-order valence-corrected chi connectivity index (χ3v) is 15.3. The van der Waals surface area contributed by atoms with Crippen molar-refractivity contribution >= 4 is 40.4 Å². The molecule has 0 bridgehead atoms. The molecule has 2 atom stereocenters. The van der Waals surface area contributed by atoms with E-state index in [1.54, 1.807) is 5.10 Å². The lowest BCUT2D eigenvalue weighted by atomic mass is 9.91. The highest BCUT2D eigenvalue weighted by Crippen LogP contribution is 2.38. The van der Waals surface area contributed by atoms with Crippen molar-refractivity contribution in [2.75, 3.05) is 16.4 Å². The standard InChI is InChI=1S/C25H24F6N10O.C14H7F6N5O2.C14H9F6N5.C6H3F2NO2.C4H3F3N2/c26-24(27,28)19-7-9-40(38-19)17-6-5-13(11-18(17)41-10-8-20(39-41)25(29,30)31)35-22-14(21(33)42)12-34-23(37-22)36-16-4-2-1-3-15(16)32;15-13(16,17)11-3-5-23(21-11)9-2-1-8(25(26)27)7-10(9)24-6-4-12(22-24)14(18,19)20;15-13(16,17)11-3-5-24(22-11)9-2-1-8(21)7-10(9)25-6-4-12(23-25)14(18,19)20;7-5-2-1-4(9(10)11)3-6(5)8;5-4(6,7)3-1-2-8-9-3/h5-12,15-16H,1-4,32H2,(H2,33,42)(H2,34,35,36,37);1-7H;1-7H,21H2;1-3H;1-2H,(H,8,9)/t15-,16+;;;;/m0..../s1. The van der Waals surface area contributed by atoms with Gasteiger partial charge in [0.25, 0.3) is 17.3 Å². The molecule has 12 aromatic rings. The number of hydrogen-bond acceptors (Lipinski definition) is 18. The van der Waals surface area contributed by atoms with Crippen LogP contribution in [-0.2, 0) is 43.2 Å². The zero-order valence-electron chi connectivity index (χ0n) is 56.1. The number of nitrogens with one attached hydrogen (secondary N) is 3. The number of hydrogen-bond donors (Lipinski definition) is 6. The summed E-state index contributed by atoms with van der Waals surface area (Å²) in [7, 11) is 0. The maximum Gasteiger partial charge on any atom is 0.435 e. The quantitative estimate of drug-likeness (QED) is 0.0270. The number of aromatic amines is 1. The van der Waals surface area contributed by atoms with Gasteiger partial charge in [0.15, 0.2) is 45.8 Å². The Morgan fingerprint density at radius 3 is 1.20 bits per heavy atom. The second kappa shape index (κ2) is 33.2. The molecule has 8 aromatic heterocycles. The first-order valence-electron chi connectivity index (χ1n) is 31.3. The van der Waals surface area contributed by atoms with Gasteiger partial charge >= 0.3 is 43.2 Å². The molecule has 1 saturated carbocycles. The molecule has 0 unspecified atom stereocenters. The number of nitro benzene ring substituents is 2. The highest BCUT2D eigenvalue weighted by Gasteiger charge is 2.40. The molecule has 1 aliphatic rings. The van der Waals surface area contributed by atoms with E-state index in [0.717, 1.165) is 147 Å². The summed E-state index contributed by atoms with van der Waals surface area (Å²) in [6, 6.07) is 18.1. The summed E-state index contributed by atoms with van der Waals surface area (Å²) in [6.45, 7) is 0. The summed E-state index contributed by atoms with van der Waals surface area (Å²) in [6.07, 6.45) is -20.8. The minimum atomic E-state index is -4.77. The number of carbonyl (C=O) groups is 1. The molecule has 4 aromatic carbocycles. The van der Waals surface area contributed by atoms with Gasteiger partial charge in [-0.05, 0) is 104 Å². The van der Waals surface area contributed by atoms with Crippen LogP contribution in [0.2, 0.25) is 0 Å². The first-order chi connectivity index (χ1) is 53.0. The van der Waals surface area contributed by atoms with Crippen LogP contribution in [-0.4, -0.2) is 107 Å². The average molecular weight is 1640 g/mol. The first kappa shape index (κ1) is 84.5. The molecule has 0 aliphatic heterocycles. The topological polar surface area (TPSA) is 367 Å². The molecule has 114 heavy (non-hydrogen) atoms. The van der Waals surface area contributed by atoms with E-state index >= 15 is 0 Å². The monoisotopic (exact) mass is 1640 g/mol. The van der Waals surface area contributed by atoms with Gasteiger partial charge in [0.05, 0.1) is 50.0 Å². The number of carbonyl (C=O) groups excluding carboxylic acids is 1. The van der Waals surface area contributed by atoms with E-state index in [0.29, 0.717) is 28.9 Å². The van der Waals surface area contributed by atoms with E-state index in [4.69, 9.17) is 17.2 Å². The molecule has 13 rings (SSSR count). The fourth-order valence-corrected chi connectivity index (χ4v) is 9.94. The summed E-state index contributed by atoms with van der Waals surface area (Å²) in [5.41, 5.74) is 8.38. The van der Waals surface area contributed by atoms with Crippen molar-refractivity contribution in [3.63, 3.8) is 0 Å². The second-order valence-corrected chi connectivity index (χ2v) is 23.2. The van der Waals surface area contributed by atoms with Crippen molar-refractivity contribution in [1.82, 2.24) is 78.8 Å². The number of amides is 1. The Bertz CT molecular complexity index is 5360. The van der Waals surface area contributed by atoms with E-state index in [1.165, 1.54) is 42.6 Å². The van der Waals surface area contributed by atoms with Gasteiger partial charge in [-0.2, -0.15) is 133 Å². The van der Waals surface area contributed by atoms with Gasteiger partial charge < -0.3 is 27.8 Å². The Morgan fingerprint density at radius 2 is 0.842 bits per heavy atom. The van der Waals surface area contributed by atoms with Crippen LogP contribution >= 0.6 is 0 Å². The van der Waals surface area contributed by atoms with Crippen LogP contribution in [0, 0.1) is 31.9 Å². The number of nitrogens with two attached hydrogens (primary N) is 3. The van der Waals surface area contributed by atoms with Crippen LogP contribution in [0.3, 0.4) is 0 Å². The molecule has 0 spiro atoms. The predicted molar refractivity (Wildman–Crippen MR) is 347 cm³/mol. The van der Waals surface area contributed by atoms with E-state index in [9.17, 15) is 126 Å². The Labute approximate surface area is 618 Å². The normalized spacial score (nSPS) is 14.1. The van der Waals surface area contributed by atoms with Crippen molar-refractivity contribution in [3.05, 3.63) is 242 Å². The van der Waals surface area contributed by atoms with Gasteiger partial charge in [0.2, 0.25) is 5.95 Å². The summed E-state index contributed by atoms with van der Waals surface area (Å²) in [5.74, 6) is -3.00. The molecule has 1 amide bonds. The van der Waals surface area contributed by atoms with Gasteiger partial charge in [0, 0.05) is 91.2 Å². The van der Waals surface area contributed by atoms with Crippen molar-refractivity contribution in [2.24, 2.45) is 11.5 Å². The highest BCUT2D eigenvalue weighted by atomic mass is 19.4. The van der Waals surface area contributed by atoms with Crippen LogP contribution < -0.4 is 27.8 Å². The molecule has 28 nitrogen and oxygen atoms in total. The van der Waals surface area contributed by atoms with Crippen LogP contribution in [0.4, 0.5) is 135 Å². The summed E-state index contributed by atoms with van der Waals surface area (Å²) in [4.78, 5) is 40.0. The Morgan fingerprint density at radius 1 is 0.465 bits per heavy atom. The number of benzene rings is 4. The summed E-state index contributed by atoms with van der Waals surface area (Å²) in [5, 5.41) is 52.5. The lowest BCUT2D eigenvalue weighted by Gasteiger charge is -2.29. The molecular formula is C63H46F23N23O5. The molecule has 1 aliphatic carbocycles.